The van der Waals surface area contributed by atoms with Gasteiger partial charge in [0.2, 0.25) is 10.0 Å². The molecule has 0 saturated heterocycles. The van der Waals surface area contributed by atoms with Gasteiger partial charge >= 0.3 is 0 Å². The summed E-state index contributed by atoms with van der Waals surface area (Å²) in [6.45, 7) is 0. The molecule has 5 heteroatoms. The van der Waals surface area contributed by atoms with Crippen molar-refractivity contribution in [3.8, 4) is 0 Å². The van der Waals surface area contributed by atoms with Gasteiger partial charge in [-0.25, -0.2) is 8.42 Å². The molecule has 0 saturated carbocycles. The lowest BCUT2D eigenvalue weighted by molar-refractivity contribution is 0.600. The Kier molecular flexibility index (Phi) is 4.22. The second kappa shape index (κ2) is 5.22. The quantitative estimate of drug-likeness (QED) is 0.792. The average molecular weight is 234 g/mol. The summed E-state index contributed by atoms with van der Waals surface area (Å²) in [6.07, 6.45) is 0.462. The maximum atomic E-state index is 11.4. The van der Waals surface area contributed by atoms with Crippen molar-refractivity contribution >= 4 is 27.3 Å². The van der Waals surface area contributed by atoms with Crippen LogP contribution in [0.3, 0.4) is 0 Å². The molecule has 1 N–H and O–H groups in total. The molecule has 0 heterocycles. The van der Waals surface area contributed by atoms with Gasteiger partial charge in [-0.1, -0.05) is 18.2 Å². The molecule has 0 radical (unpaired) electrons. The van der Waals surface area contributed by atoms with E-state index in [1.807, 2.05) is 6.07 Å². The summed E-state index contributed by atoms with van der Waals surface area (Å²) in [7, 11) is -3.23. The van der Waals surface area contributed by atoms with Gasteiger partial charge in [-0.15, -0.1) is 11.6 Å². The normalized spacial score (nSPS) is 11.2. The second-order valence-electron chi connectivity index (χ2n) is 2.83. The first-order chi connectivity index (χ1) is 6.64. The number of benzene rings is 1. The fourth-order valence-corrected chi connectivity index (χ4v) is 2.40. The Morgan fingerprint density at radius 3 is 2.43 bits per heavy atom. The summed E-state index contributed by atoms with van der Waals surface area (Å²) in [4.78, 5) is 0. The molecule has 3 nitrogen and oxygen atoms in total. The van der Waals surface area contributed by atoms with E-state index in [0.29, 0.717) is 18.0 Å². The molecule has 0 aliphatic rings. The molecule has 14 heavy (non-hydrogen) atoms. The highest BCUT2D eigenvalue weighted by atomic mass is 35.5. The number of alkyl halides is 1. The zero-order valence-corrected chi connectivity index (χ0v) is 9.18. The van der Waals surface area contributed by atoms with Crippen LogP contribution in [0.4, 0.5) is 5.69 Å². The lowest BCUT2D eigenvalue weighted by Gasteiger charge is -2.06. The molecule has 1 rings (SSSR count). The van der Waals surface area contributed by atoms with E-state index in [1.165, 1.54) is 0 Å². The predicted octanol–water partition coefficient (Wildman–Crippen LogP) is 2.06. The number of anilines is 1. The van der Waals surface area contributed by atoms with E-state index in [2.05, 4.69) is 4.72 Å². The number of hydrogen-bond acceptors (Lipinski definition) is 2. The minimum Gasteiger partial charge on any atom is -0.284 e. The first-order valence-corrected chi connectivity index (χ1v) is 6.44. The molecule has 0 unspecified atom stereocenters. The van der Waals surface area contributed by atoms with Crippen LogP contribution in [-0.4, -0.2) is 20.1 Å². The van der Waals surface area contributed by atoms with Crippen molar-refractivity contribution < 1.29 is 8.42 Å². The van der Waals surface area contributed by atoms with E-state index in [-0.39, 0.29) is 5.75 Å². The molecule has 0 fully saturated rings. The third-order valence-electron chi connectivity index (χ3n) is 1.59. The molecule has 0 bridgehead atoms. The van der Waals surface area contributed by atoms with Gasteiger partial charge in [0, 0.05) is 11.6 Å². The maximum Gasteiger partial charge on any atom is 0.232 e. The summed E-state index contributed by atoms with van der Waals surface area (Å²) in [5, 5.41) is 0. The number of para-hydroxylation sites is 1. The van der Waals surface area contributed by atoms with Gasteiger partial charge in [0.1, 0.15) is 0 Å². The first kappa shape index (κ1) is 11.3. The number of rotatable bonds is 5. The second-order valence-corrected chi connectivity index (χ2v) is 5.05. The van der Waals surface area contributed by atoms with Crippen LogP contribution in [0.5, 0.6) is 0 Å². The minimum atomic E-state index is -3.23. The van der Waals surface area contributed by atoms with E-state index in [0.717, 1.165) is 0 Å². The minimum absolute atomic E-state index is 0.0609. The smallest absolute Gasteiger partial charge is 0.232 e. The van der Waals surface area contributed by atoms with Crippen molar-refractivity contribution in [2.45, 2.75) is 6.42 Å². The summed E-state index contributed by atoms with van der Waals surface area (Å²) in [5.74, 6) is 0.418. The molecular formula is C9H12ClNO2S. The van der Waals surface area contributed by atoms with Gasteiger partial charge in [0.15, 0.2) is 0 Å². The molecule has 1 aromatic rings. The van der Waals surface area contributed by atoms with E-state index in [4.69, 9.17) is 11.6 Å². The fraction of sp³-hybridized carbons (Fsp3) is 0.333. The third kappa shape index (κ3) is 3.98. The molecule has 0 aliphatic carbocycles. The summed E-state index contributed by atoms with van der Waals surface area (Å²) in [5.41, 5.74) is 0.585. The molecule has 0 aliphatic heterocycles. The van der Waals surface area contributed by atoms with Crippen LogP contribution in [0.25, 0.3) is 0 Å². The SMILES string of the molecule is O=S(=O)(CCCCl)Nc1ccccc1. The van der Waals surface area contributed by atoms with Crippen molar-refractivity contribution in [2.24, 2.45) is 0 Å². The largest absolute Gasteiger partial charge is 0.284 e. The monoisotopic (exact) mass is 233 g/mol. The Balaban J connectivity index is 2.60. The van der Waals surface area contributed by atoms with Crippen molar-refractivity contribution in [3.63, 3.8) is 0 Å². The zero-order valence-electron chi connectivity index (χ0n) is 7.61. The van der Waals surface area contributed by atoms with Gasteiger partial charge in [0.05, 0.1) is 5.75 Å². The highest BCUT2D eigenvalue weighted by Crippen LogP contribution is 2.08. The van der Waals surface area contributed by atoms with Crippen LogP contribution in [0.1, 0.15) is 6.42 Å². The number of sulfonamides is 1. The van der Waals surface area contributed by atoms with E-state index >= 15 is 0 Å². The Morgan fingerprint density at radius 1 is 1.21 bits per heavy atom. The van der Waals surface area contributed by atoms with Gasteiger partial charge in [-0.3, -0.25) is 4.72 Å². The standard InChI is InChI=1S/C9H12ClNO2S/c10-7-4-8-14(12,13)11-9-5-2-1-3-6-9/h1-3,5-6,11H,4,7-8H2. The number of hydrogen-bond donors (Lipinski definition) is 1. The Labute approximate surface area is 89.1 Å². The van der Waals surface area contributed by atoms with Crippen LogP contribution in [-0.2, 0) is 10.0 Å². The third-order valence-corrected chi connectivity index (χ3v) is 3.23. The Hall–Kier alpha value is -0.740. The molecule has 78 valence electrons. The molecule has 0 aromatic heterocycles. The Bertz CT molecular complexity index is 364. The lowest BCUT2D eigenvalue weighted by Crippen LogP contribution is -2.16. The van der Waals surface area contributed by atoms with Crippen molar-refractivity contribution in [1.82, 2.24) is 0 Å². The number of halogens is 1. The predicted molar refractivity (Wildman–Crippen MR) is 59.2 cm³/mol. The van der Waals surface area contributed by atoms with Gasteiger partial charge < -0.3 is 0 Å². The molecule has 0 amide bonds. The zero-order chi connectivity index (χ0) is 10.4. The molecule has 1 aromatic carbocycles. The summed E-state index contributed by atoms with van der Waals surface area (Å²) >= 11 is 5.42. The van der Waals surface area contributed by atoms with E-state index in [1.54, 1.807) is 24.3 Å². The highest BCUT2D eigenvalue weighted by Gasteiger charge is 2.08. The van der Waals surface area contributed by atoms with Crippen LogP contribution in [0.2, 0.25) is 0 Å². The van der Waals surface area contributed by atoms with E-state index < -0.39 is 10.0 Å². The fourth-order valence-electron chi connectivity index (χ4n) is 0.981. The maximum absolute atomic E-state index is 11.4. The van der Waals surface area contributed by atoms with Crippen LogP contribution in [0.15, 0.2) is 30.3 Å². The topological polar surface area (TPSA) is 46.2 Å². The van der Waals surface area contributed by atoms with Crippen molar-refractivity contribution in [1.29, 1.82) is 0 Å². The van der Waals surface area contributed by atoms with Crippen molar-refractivity contribution in [3.05, 3.63) is 30.3 Å². The van der Waals surface area contributed by atoms with Crippen LogP contribution in [0, 0.1) is 0 Å². The lowest BCUT2D eigenvalue weighted by atomic mass is 10.3. The molecule has 0 spiro atoms. The summed E-state index contributed by atoms with van der Waals surface area (Å²) in [6, 6.07) is 8.80. The molecular weight excluding hydrogens is 222 g/mol. The van der Waals surface area contributed by atoms with Crippen molar-refractivity contribution in [2.75, 3.05) is 16.4 Å². The molecule has 0 atom stereocenters. The van der Waals surface area contributed by atoms with Crippen LogP contribution >= 0.6 is 11.6 Å². The summed E-state index contributed by atoms with van der Waals surface area (Å²) < 4.78 is 25.2. The van der Waals surface area contributed by atoms with Gasteiger partial charge in [-0.2, -0.15) is 0 Å². The van der Waals surface area contributed by atoms with Gasteiger partial charge in [-0.05, 0) is 18.6 Å². The van der Waals surface area contributed by atoms with Gasteiger partial charge in [0.25, 0.3) is 0 Å². The average Bonchev–Trinajstić information content (AvgIpc) is 2.16. The highest BCUT2D eigenvalue weighted by molar-refractivity contribution is 7.92. The Morgan fingerprint density at radius 2 is 1.86 bits per heavy atom. The first-order valence-electron chi connectivity index (χ1n) is 4.25. The number of nitrogens with one attached hydrogen (secondary N) is 1. The van der Waals surface area contributed by atoms with Crippen LogP contribution < -0.4 is 4.72 Å². The van der Waals surface area contributed by atoms with E-state index in [9.17, 15) is 8.42 Å².